The Labute approximate surface area is 136 Å². The number of amides is 1. The number of carbonyl (C=O) groups is 1. The monoisotopic (exact) mass is 342 g/mol. The number of aromatic amines is 1. The SMILES string of the molecule is CC(C)c1cc(C(=O)NCCNc2nccc(C(F)(F)F)n2)n[nH]1. The number of hydrogen-bond acceptors (Lipinski definition) is 5. The second-order valence-corrected chi connectivity index (χ2v) is 5.31. The smallest absolute Gasteiger partial charge is 0.352 e. The predicted octanol–water partition coefficient (Wildman–Crippen LogP) is 2.18. The minimum absolute atomic E-state index is 0.152. The number of H-pyrrole nitrogens is 1. The number of hydrogen-bond donors (Lipinski definition) is 3. The minimum atomic E-state index is -4.53. The molecule has 10 heteroatoms. The van der Waals surface area contributed by atoms with Crippen molar-refractivity contribution in [3.05, 3.63) is 35.4 Å². The molecule has 0 saturated carbocycles. The Balaban J connectivity index is 1.81. The highest BCUT2D eigenvalue weighted by Crippen LogP contribution is 2.27. The summed E-state index contributed by atoms with van der Waals surface area (Å²) in [5.74, 6) is -0.301. The van der Waals surface area contributed by atoms with Crippen molar-refractivity contribution in [3.63, 3.8) is 0 Å². The van der Waals surface area contributed by atoms with Gasteiger partial charge < -0.3 is 10.6 Å². The molecule has 1 amide bonds. The number of alkyl halides is 3. The van der Waals surface area contributed by atoms with E-state index in [1.54, 1.807) is 6.07 Å². The summed E-state index contributed by atoms with van der Waals surface area (Å²) in [5.41, 5.74) is 0.0754. The van der Waals surface area contributed by atoms with Gasteiger partial charge in [0.05, 0.1) is 0 Å². The minimum Gasteiger partial charge on any atom is -0.352 e. The molecule has 0 atom stereocenters. The summed E-state index contributed by atoms with van der Waals surface area (Å²) in [6, 6.07) is 2.44. The highest BCUT2D eigenvalue weighted by molar-refractivity contribution is 5.92. The fraction of sp³-hybridized carbons (Fsp3) is 0.429. The molecule has 0 aromatic carbocycles. The third kappa shape index (κ3) is 4.67. The Kier molecular flexibility index (Phi) is 5.37. The number of aromatic nitrogens is 4. The normalized spacial score (nSPS) is 11.6. The van der Waals surface area contributed by atoms with E-state index in [4.69, 9.17) is 0 Å². The van der Waals surface area contributed by atoms with Gasteiger partial charge in [0.2, 0.25) is 5.95 Å². The van der Waals surface area contributed by atoms with Crippen molar-refractivity contribution in [1.82, 2.24) is 25.5 Å². The molecule has 0 aliphatic rings. The van der Waals surface area contributed by atoms with E-state index in [1.165, 1.54) is 0 Å². The largest absolute Gasteiger partial charge is 0.433 e. The molecule has 2 aromatic rings. The van der Waals surface area contributed by atoms with E-state index in [0.29, 0.717) is 0 Å². The van der Waals surface area contributed by atoms with Crippen LogP contribution in [0.5, 0.6) is 0 Å². The first-order chi connectivity index (χ1) is 11.3. The molecule has 130 valence electrons. The van der Waals surface area contributed by atoms with Crippen LogP contribution in [-0.2, 0) is 6.18 Å². The lowest BCUT2D eigenvalue weighted by Gasteiger charge is -2.08. The van der Waals surface area contributed by atoms with Crippen molar-refractivity contribution in [3.8, 4) is 0 Å². The summed E-state index contributed by atoms with van der Waals surface area (Å²) < 4.78 is 37.6. The van der Waals surface area contributed by atoms with E-state index in [9.17, 15) is 18.0 Å². The van der Waals surface area contributed by atoms with Gasteiger partial charge in [-0.25, -0.2) is 9.97 Å². The number of rotatable bonds is 6. The quantitative estimate of drug-likeness (QED) is 0.700. The van der Waals surface area contributed by atoms with Crippen LogP contribution in [0.4, 0.5) is 19.1 Å². The number of halogens is 3. The lowest BCUT2D eigenvalue weighted by atomic mass is 10.1. The second kappa shape index (κ2) is 7.28. The fourth-order valence-electron chi connectivity index (χ4n) is 1.79. The van der Waals surface area contributed by atoms with Gasteiger partial charge in [-0.2, -0.15) is 18.3 Å². The Hall–Kier alpha value is -2.65. The molecular formula is C14H17F3N6O. The van der Waals surface area contributed by atoms with Crippen molar-refractivity contribution in [1.29, 1.82) is 0 Å². The van der Waals surface area contributed by atoms with Gasteiger partial charge in [-0.15, -0.1) is 0 Å². The average Bonchev–Trinajstić information content (AvgIpc) is 3.01. The van der Waals surface area contributed by atoms with Crippen LogP contribution in [0.3, 0.4) is 0 Å². The maximum absolute atomic E-state index is 12.5. The van der Waals surface area contributed by atoms with Crippen LogP contribution in [0, 0.1) is 0 Å². The molecule has 0 aliphatic heterocycles. The molecule has 24 heavy (non-hydrogen) atoms. The molecule has 3 N–H and O–H groups in total. The first-order valence-electron chi connectivity index (χ1n) is 7.25. The molecule has 0 bridgehead atoms. The molecule has 2 aromatic heterocycles. The molecule has 2 rings (SSSR count). The zero-order chi connectivity index (χ0) is 17.7. The Morgan fingerprint density at radius 3 is 2.71 bits per heavy atom. The van der Waals surface area contributed by atoms with Crippen molar-refractivity contribution in [2.24, 2.45) is 0 Å². The summed E-state index contributed by atoms with van der Waals surface area (Å²) in [6.45, 7) is 4.29. The zero-order valence-corrected chi connectivity index (χ0v) is 13.1. The van der Waals surface area contributed by atoms with Crippen LogP contribution in [-0.4, -0.2) is 39.2 Å². The topological polar surface area (TPSA) is 95.6 Å². The van der Waals surface area contributed by atoms with Crippen molar-refractivity contribution < 1.29 is 18.0 Å². The molecule has 2 heterocycles. The van der Waals surface area contributed by atoms with Crippen LogP contribution in [0.15, 0.2) is 18.3 Å². The van der Waals surface area contributed by atoms with Gasteiger partial charge in [0.25, 0.3) is 5.91 Å². The summed E-state index contributed by atoms with van der Waals surface area (Å²) in [5, 5.41) is 11.9. The fourth-order valence-corrected chi connectivity index (χ4v) is 1.79. The van der Waals surface area contributed by atoms with E-state index in [0.717, 1.165) is 18.0 Å². The van der Waals surface area contributed by atoms with E-state index < -0.39 is 11.9 Å². The maximum Gasteiger partial charge on any atom is 0.433 e. The van der Waals surface area contributed by atoms with Crippen LogP contribution in [0.25, 0.3) is 0 Å². The zero-order valence-electron chi connectivity index (χ0n) is 13.1. The van der Waals surface area contributed by atoms with Crippen LogP contribution >= 0.6 is 0 Å². The summed E-state index contributed by atoms with van der Waals surface area (Å²) in [4.78, 5) is 18.9. The molecule has 0 saturated heterocycles. The third-order valence-electron chi connectivity index (χ3n) is 3.09. The summed E-state index contributed by atoms with van der Waals surface area (Å²) >= 11 is 0. The molecular weight excluding hydrogens is 325 g/mol. The maximum atomic E-state index is 12.5. The van der Waals surface area contributed by atoms with Crippen molar-refractivity contribution in [2.45, 2.75) is 25.9 Å². The highest BCUT2D eigenvalue weighted by Gasteiger charge is 2.32. The Morgan fingerprint density at radius 2 is 2.08 bits per heavy atom. The van der Waals surface area contributed by atoms with Crippen molar-refractivity contribution >= 4 is 11.9 Å². The van der Waals surface area contributed by atoms with E-state index in [2.05, 4.69) is 30.8 Å². The van der Waals surface area contributed by atoms with Gasteiger partial charge in [-0.05, 0) is 18.1 Å². The lowest BCUT2D eigenvalue weighted by Crippen LogP contribution is -2.29. The van der Waals surface area contributed by atoms with E-state index >= 15 is 0 Å². The second-order valence-electron chi connectivity index (χ2n) is 5.31. The average molecular weight is 342 g/mol. The van der Waals surface area contributed by atoms with Crippen molar-refractivity contribution in [2.75, 3.05) is 18.4 Å². The third-order valence-corrected chi connectivity index (χ3v) is 3.09. The van der Waals surface area contributed by atoms with Crippen LogP contribution in [0.1, 0.15) is 41.6 Å². The van der Waals surface area contributed by atoms with Crippen LogP contribution in [0.2, 0.25) is 0 Å². The molecule has 0 spiro atoms. The molecule has 0 fully saturated rings. The standard InChI is InChI=1S/C14H17F3N6O/c1-8(2)9-7-10(23-22-9)12(24)18-5-6-20-13-19-4-3-11(21-13)14(15,16)17/h3-4,7-8H,5-6H2,1-2H3,(H,18,24)(H,22,23)(H,19,20,21). The summed E-state index contributed by atoms with van der Waals surface area (Å²) in [7, 11) is 0. The van der Waals surface area contributed by atoms with E-state index in [-0.39, 0.29) is 36.6 Å². The van der Waals surface area contributed by atoms with Gasteiger partial charge in [0.15, 0.2) is 0 Å². The number of nitrogens with zero attached hydrogens (tertiary/aromatic N) is 3. The lowest BCUT2D eigenvalue weighted by molar-refractivity contribution is -0.141. The van der Waals surface area contributed by atoms with Gasteiger partial charge in [0.1, 0.15) is 11.4 Å². The van der Waals surface area contributed by atoms with Gasteiger partial charge in [-0.1, -0.05) is 13.8 Å². The molecule has 7 nitrogen and oxygen atoms in total. The van der Waals surface area contributed by atoms with E-state index in [1.807, 2.05) is 13.8 Å². The highest BCUT2D eigenvalue weighted by atomic mass is 19.4. The van der Waals surface area contributed by atoms with Gasteiger partial charge in [-0.3, -0.25) is 9.89 Å². The van der Waals surface area contributed by atoms with Crippen LogP contribution < -0.4 is 10.6 Å². The Bertz CT molecular complexity index is 698. The first-order valence-corrected chi connectivity index (χ1v) is 7.25. The molecule has 0 aliphatic carbocycles. The number of nitrogens with one attached hydrogen (secondary N) is 3. The first kappa shape index (κ1) is 17.7. The molecule has 0 unspecified atom stereocenters. The molecule has 0 radical (unpaired) electrons. The number of carbonyl (C=O) groups excluding carboxylic acids is 1. The number of anilines is 1. The van der Waals surface area contributed by atoms with Gasteiger partial charge in [0, 0.05) is 25.0 Å². The Morgan fingerprint density at radius 1 is 1.33 bits per heavy atom. The van der Waals surface area contributed by atoms with Gasteiger partial charge >= 0.3 is 6.18 Å². The summed E-state index contributed by atoms with van der Waals surface area (Å²) in [6.07, 6.45) is -3.50. The predicted molar refractivity (Wildman–Crippen MR) is 80.5 cm³/mol.